The Balaban J connectivity index is 2.22. The predicted octanol–water partition coefficient (Wildman–Crippen LogP) is -4.32. The minimum Gasteiger partial charge on any atom is -0.394 e. The van der Waals surface area contributed by atoms with Crippen LogP contribution >= 0.6 is 12.6 Å². The summed E-state index contributed by atoms with van der Waals surface area (Å²) in [5, 5.41) is 61.9. The average Bonchev–Trinajstić information content (AvgIpc) is 2.60. The lowest BCUT2D eigenvalue weighted by molar-refractivity contribution is -0.338. The van der Waals surface area contributed by atoms with Gasteiger partial charge < -0.3 is 50.2 Å². The molecule has 0 aliphatic carbocycles. The summed E-state index contributed by atoms with van der Waals surface area (Å²) in [6, 6.07) is -1.22. The Kier molecular flexibility index (Phi) is 7.62. The van der Waals surface area contributed by atoms with Crippen LogP contribution in [0.15, 0.2) is 0 Å². The first kappa shape index (κ1) is 21.8. The molecule has 2 heterocycles. The van der Waals surface area contributed by atoms with Crippen LogP contribution in [0.2, 0.25) is 0 Å². The van der Waals surface area contributed by atoms with Crippen LogP contribution < -0.4 is 5.32 Å². The molecule has 0 aromatic heterocycles. The van der Waals surface area contributed by atoms with E-state index in [0.717, 1.165) is 0 Å². The molecule has 7 N–H and O–H groups in total. The Hall–Kier alpha value is -0.540. The zero-order valence-corrected chi connectivity index (χ0v) is 14.8. The van der Waals surface area contributed by atoms with E-state index in [-0.39, 0.29) is 5.75 Å². The van der Waals surface area contributed by atoms with E-state index in [1.807, 2.05) is 0 Å². The van der Waals surface area contributed by atoms with E-state index < -0.39 is 73.9 Å². The van der Waals surface area contributed by atoms with Crippen molar-refractivity contribution in [1.29, 1.82) is 0 Å². The van der Waals surface area contributed by atoms with Gasteiger partial charge in [-0.05, 0) is 0 Å². The number of nitrogens with one attached hydrogen (secondary N) is 1. The number of rotatable bonds is 5. The van der Waals surface area contributed by atoms with E-state index in [0.29, 0.717) is 0 Å². The molecule has 0 aromatic rings. The molecule has 12 heteroatoms. The summed E-state index contributed by atoms with van der Waals surface area (Å²) in [7, 11) is 0. The highest BCUT2D eigenvalue weighted by atomic mass is 32.1. The highest BCUT2D eigenvalue weighted by Crippen LogP contribution is 2.28. The van der Waals surface area contributed by atoms with E-state index in [1.54, 1.807) is 0 Å². The van der Waals surface area contributed by atoms with Gasteiger partial charge in [-0.15, -0.1) is 0 Å². The second-order valence-electron chi connectivity index (χ2n) is 6.26. The number of carbonyl (C=O) groups is 1. The first-order chi connectivity index (χ1) is 12.2. The molecule has 10 atom stereocenters. The fourth-order valence-corrected chi connectivity index (χ4v) is 3.27. The third-order valence-corrected chi connectivity index (χ3v) is 4.74. The Bertz CT molecular complexity index is 485. The summed E-state index contributed by atoms with van der Waals surface area (Å²) in [6.45, 7) is 0.538. The molecule has 2 saturated heterocycles. The number of aliphatic hydroxyl groups is 6. The molecule has 26 heavy (non-hydrogen) atoms. The number of amides is 1. The van der Waals surface area contributed by atoms with Crippen LogP contribution in [-0.2, 0) is 19.0 Å². The van der Waals surface area contributed by atoms with Gasteiger partial charge in [0, 0.05) is 12.7 Å². The SMILES string of the molecule is CC(=O)N[C@H]1[C@H](O[C@@H]2[C@@H](O)[C@H](O)O[C@H](CO)[C@@H]2O)O[C@H](CS)[C@@H](O)[C@@H]1O. The van der Waals surface area contributed by atoms with Gasteiger partial charge in [-0.25, -0.2) is 0 Å². The molecular formula is C14H25NO10S. The lowest BCUT2D eigenvalue weighted by atomic mass is 9.96. The van der Waals surface area contributed by atoms with Crippen molar-refractivity contribution in [2.75, 3.05) is 12.4 Å². The number of hydrogen-bond acceptors (Lipinski definition) is 11. The molecular weight excluding hydrogens is 374 g/mol. The Morgan fingerprint density at radius 2 is 1.69 bits per heavy atom. The van der Waals surface area contributed by atoms with Gasteiger partial charge in [0.05, 0.1) is 12.7 Å². The number of thiol groups is 1. The molecule has 0 bridgehead atoms. The van der Waals surface area contributed by atoms with Gasteiger partial charge in [-0.3, -0.25) is 4.79 Å². The Morgan fingerprint density at radius 3 is 2.23 bits per heavy atom. The fraction of sp³-hybridized carbons (Fsp3) is 0.929. The molecule has 0 aromatic carbocycles. The zero-order valence-electron chi connectivity index (χ0n) is 14.0. The minimum absolute atomic E-state index is 0.0195. The topological polar surface area (TPSA) is 178 Å². The van der Waals surface area contributed by atoms with Crippen molar-refractivity contribution in [2.45, 2.75) is 68.3 Å². The van der Waals surface area contributed by atoms with E-state index >= 15 is 0 Å². The predicted molar refractivity (Wildman–Crippen MR) is 87.0 cm³/mol. The molecule has 2 aliphatic rings. The Morgan fingerprint density at radius 1 is 1.04 bits per heavy atom. The number of ether oxygens (including phenoxy) is 3. The van der Waals surface area contributed by atoms with Gasteiger partial charge in [0.15, 0.2) is 12.6 Å². The van der Waals surface area contributed by atoms with Crippen LogP contribution in [0.25, 0.3) is 0 Å². The molecule has 11 nitrogen and oxygen atoms in total. The molecule has 0 spiro atoms. The van der Waals surface area contributed by atoms with Crippen LogP contribution in [0.3, 0.4) is 0 Å². The first-order valence-electron chi connectivity index (χ1n) is 8.06. The number of hydrogen-bond donors (Lipinski definition) is 8. The number of carbonyl (C=O) groups excluding carboxylic acids is 1. The maximum absolute atomic E-state index is 11.4. The van der Waals surface area contributed by atoms with Crippen molar-refractivity contribution in [3.63, 3.8) is 0 Å². The van der Waals surface area contributed by atoms with Crippen molar-refractivity contribution in [3.05, 3.63) is 0 Å². The maximum Gasteiger partial charge on any atom is 0.217 e. The molecule has 2 fully saturated rings. The van der Waals surface area contributed by atoms with Crippen LogP contribution in [0, 0.1) is 0 Å². The van der Waals surface area contributed by atoms with Gasteiger partial charge >= 0.3 is 0 Å². The quantitative estimate of drug-likeness (QED) is 0.211. The van der Waals surface area contributed by atoms with E-state index in [1.165, 1.54) is 6.92 Å². The third-order valence-electron chi connectivity index (χ3n) is 4.38. The summed E-state index contributed by atoms with van der Waals surface area (Å²) in [5.41, 5.74) is 0. The summed E-state index contributed by atoms with van der Waals surface area (Å²) in [4.78, 5) is 11.4. The van der Waals surface area contributed by atoms with Gasteiger partial charge in [-0.2, -0.15) is 12.6 Å². The first-order valence-corrected chi connectivity index (χ1v) is 8.70. The highest BCUT2D eigenvalue weighted by molar-refractivity contribution is 7.80. The monoisotopic (exact) mass is 399 g/mol. The molecule has 0 saturated carbocycles. The largest absolute Gasteiger partial charge is 0.394 e. The molecule has 0 radical (unpaired) electrons. The summed E-state index contributed by atoms with van der Waals surface area (Å²) in [6.07, 6.45) is -12.8. The Labute approximate surface area is 154 Å². The fourth-order valence-electron chi connectivity index (χ4n) is 2.97. The van der Waals surface area contributed by atoms with Crippen LogP contribution in [0.5, 0.6) is 0 Å². The van der Waals surface area contributed by atoms with Crippen molar-refractivity contribution < 1.29 is 49.6 Å². The molecule has 2 aliphatic heterocycles. The molecule has 1 amide bonds. The lowest BCUT2D eigenvalue weighted by Gasteiger charge is -2.46. The van der Waals surface area contributed by atoms with Crippen LogP contribution in [-0.4, -0.2) is 110 Å². The second kappa shape index (κ2) is 9.10. The second-order valence-corrected chi connectivity index (χ2v) is 6.63. The van der Waals surface area contributed by atoms with Gasteiger partial charge in [-0.1, -0.05) is 0 Å². The van der Waals surface area contributed by atoms with Crippen LogP contribution in [0.1, 0.15) is 6.92 Å². The molecule has 2 rings (SSSR count). The van der Waals surface area contributed by atoms with Crippen molar-refractivity contribution in [3.8, 4) is 0 Å². The molecule has 0 unspecified atom stereocenters. The van der Waals surface area contributed by atoms with E-state index in [2.05, 4.69) is 17.9 Å². The normalized spacial score (nSPS) is 46.8. The van der Waals surface area contributed by atoms with Gasteiger partial charge in [0.2, 0.25) is 5.91 Å². The van der Waals surface area contributed by atoms with Crippen LogP contribution in [0.4, 0.5) is 0 Å². The van der Waals surface area contributed by atoms with E-state index in [4.69, 9.17) is 14.2 Å². The van der Waals surface area contributed by atoms with Gasteiger partial charge in [0.1, 0.15) is 42.7 Å². The van der Waals surface area contributed by atoms with E-state index in [9.17, 15) is 35.4 Å². The third kappa shape index (κ3) is 4.47. The highest BCUT2D eigenvalue weighted by Gasteiger charge is 2.50. The number of aliphatic hydroxyl groups excluding tert-OH is 6. The average molecular weight is 399 g/mol. The molecule has 152 valence electrons. The van der Waals surface area contributed by atoms with Crippen molar-refractivity contribution in [1.82, 2.24) is 5.32 Å². The zero-order chi connectivity index (χ0) is 19.6. The van der Waals surface area contributed by atoms with Crippen molar-refractivity contribution in [2.24, 2.45) is 0 Å². The summed E-state index contributed by atoms with van der Waals surface area (Å²) >= 11 is 4.02. The minimum atomic E-state index is -1.74. The lowest BCUT2D eigenvalue weighted by Crippen LogP contribution is -2.67. The van der Waals surface area contributed by atoms with Gasteiger partial charge in [0.25, 0.3) is 0 Å². The summed E-state index contributed by atoms with van der Waals surface area (Å²) in [5.74, 6) is -0.518. The smallest absolute Gasteiger partial charge is 0.217 e. The van der Waals surface area contributed by atoms with Crippen molar-refractivity contribution >= 4 is 18.5 Å². The summed E-state index contributed by atoms with van der Waals surface area (Å²) < 4.78 is 15.9. The standard InChI is InChI=1S/C14H25NO10S/c1-4(17)15-7-10(20)8(18)6(3-26)24-14(7)25-12-9(19)5(2-16)23-13(22)11(12)21/h5-14,16,18-22,26H,2-3H2,1H3,(H,15,17)/t5-,6-,7-,8-,9+,10-,11-,12+,13-,14+/m1/s1. The maximum atomic E-state index is 11.4.